The van der Waals surface area contributed by atoms with Crippen molar-refractivity contribution in [1.82, 2.24) is 24.5 Å². The van der Waals surface area contributed by atoms with Gasteiger partial charge in [-0.15, -0.1) is 11.3 Å². The summed E-state index contributed by atoms with van der Waals surface area (Å²) in [6.45, 7) is 6.18. The summed E-state index contributed by atoms with van der Waals surface area (Å²) >= 11 is 11.5. The summed E-state index contributed by atoms with van der Waals surface area (Å²) in [5, 5.41) is 3.26. The summed E-state index contributed by atoms with van der Waals surface area (Å²) in [6, 6.07) is 5.38. The molecule has 4 aromatic heterocycles. The molecule has 0 aromatic carbocycles. The van der Waals surface area contributed by atoms with E-state index in [-0.39, 0.29) is 12.2 Å². The molecule has 4 rings (SSSR count). The van der Waals surface area contributed by atoms with Crippen LogP contribution in [0, 0.1) is 13.8 Å². The highest BCUT2D eigenvalue weighted by Gasteiger charge is 2.17. The summed E-state index contributed by atoms with van der Waals surface area (Å²) in [5.41, 5.74) is 3.02. The number of halogens is 2. The van der Waals surface area contributed by atoms with Crippen LogP contribution in [0.4, 0.5) is 0 Å². The normalized spacial score (nSPS) is 11.1. The number of rotatable bonds is 8. The molecule has 176 valence electrons. The van der Waals surface area contributed by atoms with Crippen LogP contribution in [0.25, 0.3) is 17.1 Å². The second-order valence-electron chi connectivity index (χ2n) is 7.73. The van der Waals surface area contributed by atoms with Gasteiger partial charge in [0.1, 0.15) is 22.7 Å². The first-order valence-corrected chi connectivity index (χ1v) is 12.9. The van der Waals surface area contributed by atoms with Gasteiger partial charge in [0.05, 0.1) is 32.8 Å². The van der Waals surface area contributed by atoms with Gasteiger partial charge in [-0.1, -0.05) is 24.9 Å². The van der Waals surface area contributed by atoms with Gasteiger partial charge >= 0.3 is 0 Å². The van der Waals surface area contributed by atoms with Crippen LogP contribution >= 0.6 is 38.9 Å². The van der Waals surface area contributed by atoms with Crippen molar-refractivity contribution in [3.63, 3.8) is 0 Å². The molecule has 0 aliphatic carbocycles. The molecule has 0 aliphatic rings. The van der Waals surface area contributed by atoms with Crippen LogP contribution in [-0.4, -0.2) is 24.5 Å². The highest BCUT2D eigenvalue weighted by Crippen LogP contribution is 2.29. The largest absolute Gasteiger partial charge is 0.486 e. The fourth-order valence-corrected chi connectivity index (χ4v) is 4.64. The maximum atomic E-state index is 13.3. The van der Waals surface area contributed by atoms with Crippen molar-refractivity contribution in [2.45, 2.75) is 46.6 Å². The third-order valence-corrected chi connectivity index (χ3v) is 6.98. The van der Waals surface area contributed by atoms with Gasteiger partial charge < -0.3 is 4.74 Å². The molecule has 0 unspecified atom stereocenters. The molecule has 0 N–H and O–H groups in total. The molecule has 0 fully saturated rings. The smallest absolute Gasteiger partial charge is 0.273 e. The molecule has 0 saturated carbocycles. The minimum atomic E-state index is -0.283. The Labute approximate surface area is 215 Å². The van der Waals surface area contributed by atoms with Crippen LogP contribution in [-0.2, 0) is 13.0 Å². The van der Waals surface area contributed by atoms with Gasteiger partial charge in [-0.05, 0) is 48.3 Å². The Bertz CT molecular complexity index is 1390. The molecule has 0 atom stereocenters. The minimum Gasteiger partial charge on any atom is -0.486 e. The van der Waals surface area contributed by atoms with Crippen molar-refractivity contribution in [2.24, 2.45) is 0 Å². The van der Waals surface area contributed by atoms with Gasteiger partial charge in [0.25, 0.3) is 5.56 Å². The molecule has 0 amide bonds. The van der Waals surface area contributed by atoms with E-state index < -0.39 is 0 Å². The van der Waals surface area contributed by atoms with Crippen molar-refractivity contribution in [3.05, 3.63) is 78.0 Å². The maximum Gasteiger partial charge on any atom is 0.273 e. The first-order valence-electron chi connectivity index (χ1n) is 10.8. The van der Waals surface area contributed by atoms with Gasteiger partial charge in [-0.2, -0.15) is 0 Å². The fraction of sp³-hybridized carbons (Fsp3) is 0.292. The Morgan fingerprint density at radius 1 is 1.18 bits per heavy atom. The summed E-state index contributed by atoms with van der Waals surface area (Å²) in [6.07, 6.45) is 6.15. The zero-order chi connectivity index (χ0) is 24.2. The quantitative estimate of drug-likeness (QED) is 0.259. The maximum absolute atomic E-state index is 13.3. The number of pyridine rings is 2. The van der Waals surface area contributed by atoms with Crippen molar-refractivity contribution >= 4 is 38.9 Å². The first kappa shape index (κ1) is 24.5. The number of aryl methyl sites for hydroxylation is 3. The second kappa shape index (κ2) is 10.8. The van der Waals surface area contributed by atoms with Gasteiger partial charge in [0.15, 0.2) is 0 Å². The minimum absolute atomic E-state index is 0.278. The average molecular weight is 561 g/mol. The molecule has 4 heterocycles. The fourth-order valence-electron chi connectivity index (χ4n) is 3.45. The van der Waals surface area contributed by atoms with E-state index in [2.05, 4.69) is 42.8 Å². The molecule has 34 heavy (non-hydrogen) atoms. The Morgan fingerprint density at radius 2 is 2.00 bits per heavy atom. The van der Waals surface area contributed by atoms with Gasteiger partial charge in [0.2, 0.25) is 0 Å². The number of ether oxygens (including phenoxy) is 1. The molecule has 10 heteroatoms. The number of hydrogen-bond donors (Lipinski definition) is 0. The molecule has 7 nitrogen and oxygen atoms in total. The number of nitrogens with zero attached hydrogens (tertiary/aromatic N) is 5. The molecular formula is C24H23BrClN5O2S. The molecule has 0 radical (unpaired) electrons. The third-order valence-electron chi connectivity index (χ3n) is 5.14. The van der Waals surface area contributed by atoms with E-state index in [1.165, 1.54) is 10.8 Å². The summed E-state index contributed by atoms with van der Waals surface area (Å²) in [5.74, 6) is 1.22. The monoisotopic (exact) mass is 559 g/mol. The van der Waals surface area contributed by atoms with Crippen LogP contribution in [0.3, 0.4) is 0 Å². The molecule has 0 spiro atoms. The molecule has 0 saturated heterocycles. The number of hydrogen-bond acceptors (Lipinski definition) is 7. The lowest BCUT2D eigenvalue weighted by Crippen LogP contribution is -2.22. The van der Waals surface area contributed by atoms with Crippen LogP contribution in [0.5, 0.6) is 5.75 Å². The summed E-state index contributed by atoms with van der Waals surface area (Å²) in [4.78, 5) is 31.1. The second-order valence-corrected chi connectivity index (χ2v) is 10.00. The highest BCUT2D eigenvalue weighted by atomic mass is 79.9. The van der Waals surface area contributed by atoms with Crippen molar-refractivity contribution in [2.75, 3.05) is 0 Å². The number of thiazole rings is 1. The molecule has 0 bridgehead atoms. The molecule has 4 aromatic rings. The summed E-state index contributed by atoms with van der Waals surface area (Å²) < 4.78 is 7.73. The predicted molar refractivity (Wildman–Crippen MR) is 138 cm³/mol. The highest BCUT2D eigenvalue weighted by molar-refractivity contribution is 9.10. The van der Waals surface area contributed by atoms with Crippen LogP contribution < -0.4 is 10.3 Å². The number of aromatic nitrogens is 5. The zero-order valence-electron chi connectivity index (χ0n) is 19.0. The lowest BCUT2D eigenvalue weighted by atomic mass is 10.2. The van der Waals surface area contributed by atoms with E-state index in [9.17, 15) is 4.79 Å². The lowest BCUT2D eigenvalue weighted by molar-refractivity contribution is 0.298. The van der Waals surface area contributed by atoms with E-state index in [1.54, 1.807) is 35.7 Å². The van der Waals surface area contributed by atoms with Crippen LogP contribution in [0.1, 0.15) is 42.0 Å². The van der Waals surface area contributed by atoms with Gasteiger partial charge in [0, 0.05) is 36.0 Å². The van der Waals surface area contributed by atoms with Crippen molar-refractivity contribution in [3.8, 4) is 22.8 Å². The lowest BCUT2D eigenvalue weighted by Gasteiger charge is -2.16. The molecule has 0 aliphatic heterocycles. The van der Waals surface area contributed by atoms with Gasteiger partial charge in [-0.25, -0.2) is 15.0 Å². The summed E-state index contributed by atoms with van der Waals surface area (Å²) in [7, 11) is 0. The van der Waals surface area contributed by atoms with E-state index in [0.717, 1.165) is 35.8 Å². The first-order chi connectivity index (χ1) is 16.4. The van der Waals surface area contributed by atoms with E-state index in [4.69, 9.17) is 16.3 Å². The third kappa shape index (κ3) is 5.37. The number of unbranched alkanes of at least 4 members (excludes halogenated alkanes) is 1. The van der Waals surface area contributed by atoms with Crippen molar-refractivity contribution in [1.29, 1.82) is 0 Å². The topological polar surface area (TPSA) is 82.8 Å². The average Bonchev–Trinajstić information content (AvgIpc) is 3.25. The van der Waals surface area contributed by atoms with E-state index in [1.807, 2.05) is 19.2 Å². The predicted octanol–water partition coefficient (Wildman–Crippen LogP) is 6.10. The van der Waals surface area contributed by atoms with Crippen molar-refractivity contribution < 1.29 is 4.74 Å². The van der Waals surface area contributed by atoms with E-state index >= 15 is 0 Å². The van der Waals surface area contributed by atoms with E-state index in [0.29, 0.717) is 38.0 Å². The molecular weight excluding hydrogens is 538 g/mol. The Balaban J connectivity index is 1.69. The van der Waals surface area contributed by atoms with Crippen LogP contribution in [0.2, 0.25) is 5.02 Å². The Hall–Kier alpha value is -2.62. The Morgan fingerprint density at radius 3 is 2.74 bits per heavy atom. The SMILES string of the molecule is CCCCc1nccc(-c2cc(-n3c(C)cc(OCc4csc(C)n4)c(Br)c3=O)c(Cl)cn2)n1. The van der Waals surface area contributed by atoms with Crippen LogP contribution in [0.15, 0.2) is 45.2 Å². The van der Waals surface area contributed by atoms with Gasteiger partial charge in [-0.3, -0.25) is 14.3 Å². The Kier molecular flexibility index (Phi) is 7.75. The standard InChI is InChI=1S/C24H23BrClN5O2S/c1-4-5-6-22-27-8-7-18(30-22)19-10-20(17(26)11-28-19)31-14(2)9-21(23(25)24(31)32)33-12-16-13-34-15(3)29-16/h7-11,13H,4-6,12H2,1-3H3. The zero-order valence-corrected chi connectivity index (χ0v) is 22.2.